The van der Waals surface area contributed by atoms with E-state index in [1.54, 1.807) is 0 Å². The molecule has 0 aromatic heterocycles. The summed E-state index contributed by atoms with van der Waals surface area (Å²) in [6.07, 6.45) is 92.9. The predicted molar refractivity (Wildman–Crippen MR) is 353 cm³/mol. The van der Waals surface area contributed by atoms with Crippen LogP contribution in [0.15, 0.2) is 97.2 Å². The summed E-state index contributed by atoms with van der Waals surface area (Å²) < 4.78 is 16.9. The van der Waals surface area contributed by atoms with E-state index >= 15 is 0 Å². The second-order valence-electron chi connectivity index (χ2n) is 23.1. The molecular weight excluding hydrogens is 997 g/mol. The number of allylic oxidation sites excluding steroid dienone is 16. The van der Waals surface area contributed by atoms with Crippen LogP contribution in [0.4, 0.5) is 0 Å². The lowest BCUT2D eigenvalue weighted by atomic mass is 10.0. The molecule has 1 atom stereocenters. The molecule has 6 nitrogen and oxygen atoms in total. The number of carbonyl (C=O) groups is 3. The molecule has 0 saturated heterocycles. The van der Waals surface area contributed by atoms with E-state index in [9.17, 15) is 14.4 Å². The molecular formula is C75H130O6. The Labute approximate surface area is 502 Å². The first-order valence-corrected chi connectivity index (χ1v) is 34.7. The van der Waals surface area contributed by atoms with Gasteiger partial charge in [-0.15, -0.1) is 0 Å². The third-order valence-electron chi connectivity index (χ3n) is 15.1. The quantitative estimate of drug-likeness (QED) is 0.0261. The Bertz CT molecular complexity index is 1580. The summed E-state index contributed by atoms with van der Waals surface area (Å²) in [7, 11) is 0. The number of unbranched alkanes of at least 4 members (excludes halogenated alkanes) is 36. The minimum absolute atomic E-state index is 0.0777. The van der Waals surface area contributed by atoms with Gasteiger partial charge in [-0.2, -0.15) is 0 Å². The van der Waals surface area contributed by atoms with Crippen molar-refractivity contribution >= 4 is 17.9 Å². The first-order valence-electron chi connectivity index (χ1n) is 34.7. The summed E-state index contributed by atoms with van der Waals surface area (Å²) in [6, 6.07) is 0. The molecule has 466 valence electrons. The van der Waals surface area contributed by atoms with Crippen LogP contribution in [0.5, 0.6) is 0 Å². The standard InChI is InChI=1S/C75H130O6/c1-4-7-10-13-16-19-22-25-27-29-30-31-32-33-34-35-36-37-38-39-40-41-42-43-44-45-46-47-49-50-53-56-59-62-65-68-74(77)80-71-72(70-79-73(76)67-64-61-58-55-52-24-21-18-15-12-9-6-3)81-75(78)69-66-63-60-57-54-51-48-28-26-23-20-17-14-11-8-5-2/h7,10,16,19-20,23,25,27-28,30-31,33-34,36-37,48,72H,4-6,8-9,11-15,17-18,21-22,24,26,29,32,35,38-47,49-71H2,1-3H3/b10-7-,19-16-,23-20-,27-25-,31-30-,34-33-,37-36-,48-28-. The zero-order chi connectivity index (χ0) is 58.5. The van der Waals surface area contributed by atoms with Gasteiger partial charge < -0.3 is 14.2 Å². The van der Waals surface area contributed by atoms with E-state index in [2.05, 4.69) is 118 Å². The van der Waals surface area contributed by atoms with Gasteiger partial charge in [-0.25, -0.2) is 0 Å². The summed E-state index contributed by atoms with van der Waals surface area (Å²) in [5, 5.41) is 0. The van der Waals surface area contributed by atoms with Gasteiger partial charge in [0.2, 0.25) is 0 Å². The van der Waals surface area contributed by atoms with Gasteiger partial charge in [0, 0.05) is 19.3 Å². The van der Waals surface area contributed by atoms with Gasteiger partial charge in [0.15, 0.2) is 6.10 Å². The third kappa shape index (κ3) is 67.0. The van der Waals surface area contributed by atoms with E-state index in [4.69, 9.17) is 14.2 Å². The van der Waals surface area contributed by atoms with Gasteiger partial charge in [0.05, 0.1) is 0 Å². The van der Waals surface area contributed by atoms with Crippen LogP contribution in [-0.4, -0.2) is 37.2 Å². The molecule has 0 aliphatic carbocycles. The smallest absolute Gasteiger partial charge is 0.306 e. The number of hydrogen-bond donors (Lipinski definition) is 0. The van der Waals surface area contributed by atoms with E-state index in [1.807, 2.05) is 0 Å². The van der Waals surface area contributed by atoms with Crippen LogP contribution in [0.2, 0.25) is 0 Å². The highest BCUT2D eigenvalue weighted by molar-refractivity contribution is 5.71. The van der Waals surface area contributed by atoms with Crippen LogP contribution in [0.1, 0.15) is 342 Å². The molecule has 0 bridgehead atoms. The number of ether oxygens (including phenoxy) is 3. The lowest BCUT2D eigenvalue weighted by molar-refractivity contribution is -0.167. The van der Waals surface area contributed by atoms with Crippen molar-refractivity contribution in [3.63, 3.8) is 0 Å². The lowest BCUT2D eigenvalue weighted by Crippen LogP contribution is -2.30. The van der Waals surface area contributed by atoms with E-state index in [0.29, 0.717) is 19.3 Å². The van der Waals surface area contributed by atoms with Crippen LogP contribution in [0, 0.1) is 0 Å². The molecule has 0 aromatic carbocycles. The summed E-state index contributed by atoms with van der Waals surface area (Å²) in [6.45, 7) is 6.53. The second kappa shape index (κ2) is 68.8. The van der Waals surface area contributed by atoms with E-state index in [0.717, 1.165) is 122 Å². The monoisotopic (exact) mass is 1130 g/mol. The zero-order valence-electron chi connectivity index (χ0n) is 53.5. The molecule has 0 aromatic rings. The Morgan fingerprint density at radius 1 is 0.259 bits per heavy atom. The van der Waals surface area contributed by atoms with Gasteiger partial charge in [-0.05, 0) is 103 Å². The van der Waals surface area contributed by atoms with Crippen molar-refractivity contribution in [1.82, 2.24) is 0 Å². The molecule has 0 rings (SSSR count). The molecule has 0 saturated carbocycles. The second-order valence-corrected chi connectivity index (χ2v) is 23.1. The number of carbonyl (C=O) groups excluding carboxylic acids is 3. The highest BCUT2D eigenvalue weighted by atomic mass is 16.6. The van der Waals surface area contributed by atoms with Crippen molar-refractivity contribution in [1.29, 1.82) is 0 Å². The van der Waals surface area contributed by atoms with Crippen LogP contribution in [0.25, 0.3) is 0 Å². The number of rotatable bonds is 63. The van der Waals surface area contributed by atoms with Gasteiger partial charge in [0.1, 0.15) is 13.2 Å². The molecule has 0 radical (unpaired) electrons. The summed E-state index contributed by atoms with van der Waals surface area (Å²) in [5.41, 5.74) is 0. The SMILES string of the molecule is CC/C=C\C/C=C\C/C=C\C/C=C\C/C=C\C/C=C\CCCCCCCCCCCCCCCCCCC(=O)OCC(COC(=O)CCCCCCCCCCCCCC)OC(=O)CCCCCCC/C=C\C/C=C\CCCCCC. The zero-order valence-corrected chi connectivity index (χ0v) is 53.5. The lowest BCUT2D eigenvalue weighted by Gasteiger charge is -2.18. The molecule has 0 fully saturated rings. The molecule has 0 heterocycles. The minimum Gasteiger partial charge on any atom is -0.462 e. The Kier molecular flexibility index (Phi) is 65.7. The fourth-order valence-electron chi connectivity index (χ4n) is 9.89. The minimum atomic E-state index is -0.782. The normalized spacial score (nSPS) is 12.7. The van der Waals surface area contributed by atoms with Crippen LogP contribution in [0.3, 0.4) is 0 Å². The highest BCUT2D eigenvalue weighted by Gasteiger charge is 2.19. The van der Waals surface area contributed by atoms with Crippen molar-refractivity contribution in [2.75, 3.05) is 13.2 Å². The maximum atomic E-state index is 12.9. The van der Waals surface area contributed by atoms with Crippen molar-refractivity contribution in [2.24, 2.45) is 0 Å². The van der Waals surface area contributed by atoms with Crippen LogP contribution in [-0.2, 0) is 28.6 Å². The average Bonchev–Trinajstić information content (AvgIpc) is 3.47. The molecule has 0 aliphatic rings. The molecule has 0 aliphatic heterocycles. The number of esters is 3. The fraction of sp³-hybridized carbons (Fsp3) is 0.747. The molecule has 0 amide bonds. The Morgan fingerprint density at radius 2 is 0.481 bits per heavy atom. The Morgan fingerprint density at radius 3 is 0.765 bits per heavy atom. The van der Waals surface area contributed by atoms with Crippen LogP contribution >= 0.6 is 0 Å². The maximum Gasteiger partial charge on any atom is 0.306 e. The average molecular weight is 1130 g/mol. The fourth-order valence-corrected chi connectivity index (χ4v) is 9.89. The largest absolute Gasteiger partial charge is 0.462 e. The number of hydrogen-bond acceptors (Lipinski definition) is 6. The van der Waals surface area contributed by atoms with Crippen molar-refractivity contribution in [3.8, 4) is 0 Å². The predicted octanol–water partition coefficient (Wildman–Crippen LogP) is 24.0. The molecule has 1 unspecified atom stereocenters. The van der Waals surface area contributed by atoms with E-state index < -0.39 is 6.10 Å². The van der Waals surface area contributed by atoms with Crippen molar-refractivity contribution in [2.45, 2.75) is 348 Å². The summed E-state index contributed by atoms with van der Waals surface area (Å²) >= 11 is 0. The summed E-state index contributed by atoms with van der Waals surface area (Å²) in [4.78, 5) is 38.3. The first-order chi connectivity index (χ1) is 40.0. The molecule has 6 heteroatoms. The van der Waals surface area contributed by atoms with Crippen molar-refractivity contribution < 1.29 is 28.6 Å². The van der Waals surface area contributed by atoms with E-state index in [-0.39, 0.29) is 31.1 Å². The van der Waals surface area contributed by atoms with Crippen molar-refractivity contribution in [3.05, 3.63) is 97.2 Å². The van der Waals surface area contributed by atoms with Gasteiger partial charge in [-0.3, -0.25) is 14.4 Å². The first kappa shape index (κ1) is 77.3. The summed E-state index contributed by atoms with van der Waals surface area (Å²) in [5.74, 6) is -0.876. The maximum absolute atomic E-state index is 12.9. The molecule has 0 spiro atoms. The Balaban J connectivity index is 4.14. The Hall–Kier alpha value is -3.67. The third-order valence-corrected chi connectivity index (χ3v) is 15.1. The molecule has 0 N–H and O–H groups in total. The van der Waals surface area contributed by atoms with Gasteiger partial charge >= 0.3 is 17.9 Å². The van der Waals surface area contributed by atoms with Gasteiger partial charge in [0.25, 0.3) is 0 Å². The topological polar surface area (TPSA) is 78.9 Å². The molecule has 81 heavy (non-hydrogen) atoms. The van der Waals surface area contributed by atoms with Gasteiger partial charge in [-0.1, -0.05) is 317 Å². The van der Waals surface area contributed by atoms with Crippen LogP contribution < -0.4 is 0 Å². The van der Waals surface area contributed by atoms with E-state index in [1.165, 1.54) is 180 Å². The highest BCUT2D eigenvalue weighted by Crippen LogP contribution is 2.17.